The van der Waals surface area contributed by atoms with Crippen LogP contribution in [0.5, 0.6) is 0 Å². The van der Waals surface area contributed by atoms with E-state index in [0.717, 1.165) is 18.5 Å². The van der Waals surface area contributed by atoms with Crippen molar-refractivity contribution in [2.24, 2.45) is 0 Å². The van der Waals surface area contributed by atoms with Crippen LogP contribution >= 0.6 is 0 Å². The molecule has 1 aromatic carbocycles. The summed E-state index contributed by atoms with van der Waals surface area (Å²) >= 11 is 0. The van der Waals surface area contributed by atoms with Gasteiger partial charge in [-0.1, -0.05) is 19.1 Å². The zero-order chi connectivity index (χ0) is 15.7. The van der Waals surface area contributed by atoms with Crippen LogP contribution in [0.2, 0.25) is 0 Å². The first-order valence-corrected chi connectivity index (χ1v) is 8.90. The molecule has 0 aromatic heterocycles. The molecule has 2 N–H and O–H groups in total. The third-order valence-corrected chi connectivity index (χ3v) is 4.57. The highest BCUT2D eigenvalue weighted by Crippen LogP contribution is 2.17. The summed E-state index contributed by atoms with van der Waals surface area (Å²) in [4.78, 5) is 0.293. The predicted octanol–water partition coefficient (Wildman–Crippen LogP) is 2.06. The molecule has 6 heteroatoms. The molecular weight excluding hydrogens is 288 g/mol. The van der Waals surface area contributed by atoms with Gasteiger partial charge in [-0.2, -0.15) is 0 Å². The first kappa shape index (κ1) is 18.1. The van der Waals surface area contributed by atoms with Crippen molar-refractivity contribution in [3.63, 3.8) is 0 Å². The third-order valence-electron chi connectivity index (χ3n) is 3.11. The average Bonchev–Trinajstić information content (AvgIpc) is 2.49. The van der Waals surface area contributed by atoms with E-state index in [1.807, 2.05) is 19.9 Å². The Bertz CT molecular complexity index is 517. The first-order valence-electron chi connectivity index (χ1n) is 7.42. The number of ether oxygens (including phenoxy) is 1. The summed E-state index contributed by atoms with van der Waals surface area (Å²) in [6.07, 6.45) is 1.04. The Hall–Kier alpha value is -0.950. The fourth-order valence-electron chi connectivity index (χ4n) is 1.91. The maximum atomic E-state index is 12.2. The second-order valence-electron chi connectivity index (χ2n) is 4.84. The summed E-state index contributed by atoms with van der Waals surface area (Å²) in [5.74, 6) is 0. The lowest BCUT2D eigenvalue weighted by Crippen LogP contribution is -2.28. The molecule has 1 aromatic rings. The minimum Gasteiger partial charge on any atom is -0.380 e. The molecule has 0 aliphatic rings. The van der Waals surface area contributed by atoms with E-state index in [0.29, 0.717) is 18.1 Å². The van der Waals surface area contributed by atoms with E-state index in [9.17, 15) is 8.42 Å². The normalized spacial score (nSPS) is 13.3. The zero-order valence-corrected chi connectivity index (χ0v) is 13.9. The maximum absolute atomic E-state index is 12.2. The van der Waals surface area contributed by atoms with Gasteiger partial charge in [-0.3, -0.25) is 0 Å². The Balaban J connectivity index is 2.73. The quantitative estimate of drug-likeness (QED) is 0.649. The maximum Gasteiger partial charge on any atom is 0.240 e. The highest BCUT2D eigenvalue weighted by atomic mass is 32.2. The molecule has 0 amide bonds. The Morgan fingerprint density at radius 2 is 2.00 bits per heavy atom. The average molecular weight is 314 g/mol. The molecule has 1 rings (SSSR count). The van der Waals surface area contributed by atoms with Gasteiger partial charge in [0, 0.05) is 19.2 Å². The molecule has 0 saturated heterocycles. The standard InChI is InChI=1S/C15H26N2O3S/c1-4-9-16-13(3)14-7-6-8-15(12-14)21(18,19)17-10-11-20-5-2/h6-8,12-13,16-17H,4-5,9-11H2,1-3H3. The number of hydrogen-bond acceptors (Lipinski definition) is 4. The lowest BCUT2D eigenvalue weighted by Gasteiger charge is -2.15. The van der Waals surface area contributed by atoms with Gasteiger partial charge in [-0.05, 0) is 44.5 Å². The minimum atomic E-state index is -3.48. The number of rotatable bonds is 10. The van der Waals surface area contributed by atoms with Crippen LogP contribution in [0.25, 0.3) is 0 Å². The Kier molecular flexibility index (Phi) is 7.88. The summed E-state index contributed by atoms with van der Waals surface area (Å²) in [6.45, 7) is 8.16. The molecule has 0 aliphatic carbocycles. The van der Waals surface area contributed by atoms with Gasteiger partial charge in [-0.15, -0.1) is 0 Å². The molecular formula is C15H26N2O3S. The van der Waals surface area contributed by atoms with E-state index in [-0.39, 0.29) is 12.6 Å². The van der Waals surface area contributed by atoms with Crippen molar-refractivity contribution in [2.45, 2.75) is 38.1 Å². The molecule has 0 saturated carbocycles. The second kappa shape index (κ2) is 9.15. The third kappa shape index (κ3) is 6.13. The molecule has 0 fully saturated rings. The van der Waals surface area contributed by atoms with Crippen molar-refractivity contribution in [3.05, 3.63) is 29.8 Å². The molecule has 0 radical (unpaired) electrons. The highest BCUT2D eigenvalue weighted by molar-refractivity contribution is 7.89. The molecule has 0 heterocycles. The summed E-state index contributed by atoms with van der Waals surface area (Å²) < 4.78 is 32.1. The van der Waals surface area contributed by atoms with Gasteiger partial charge in [0.1, 0.15) is 0 Å². The molecule has 0 bridgehead atoms. The van der Waals surface area contributed by atoms with Crippen molar-refractivity contribution >= 4 is 10.0 Å². The van der Waals surface area contributed by atoms with Gasteiger partial charge in [0.15, 0.2) is 0 Å². The first-order chi connectivity index (χ1) is 10.0. The van der Waals surface area contributed by atoms with Crippen LogP contribution in [0.3, 0.4) is 0 Å². The summed E-state index contributed by atoms with van der Waals surface area (Å²) in [5.41, 5.74) is 0.969. The summed E-state index contributed by atoms with van der Waals surface area (Å²) in [6, 6.07) is 7.17. The van der Waals surface area contributed by atoms with Crippen molar-refractivity contribution in [1.82, 2.24) is 10.0 Å². The molecule has 1 unspecified atom stereocenters. The van der Waals surface area contributed by atoms with Gasteiger partial charge >= 0.3 is 0 Å². The van der Waals surface area contributed by atoms with Crippen LogP contribution in [0, 0.1) is 0 Å². The van der Waals surface area contributed by atoms with E-state index in [2.05, 4.69) is 17.0 Å². The van der Waals surface area contributed by atoms with Crippen LogP contribution in [-0.2, 0) is 14.8 Å². The van der Waals surface area contributed by atoms with Crippen LogP contribution in [0.15, 0.2) is 29.2 Å². The Labute approximate surface area is 128 Å². The molecule has 0 spiro atoms. The highest BCUT2D eigenvalue weighted by Gasteiger charge is 2.15. The molecule has 0 aliphatic heterocycles. The van der Waals surface area contributed by atoms with Gasteiger partial charge < -0.3 is 10.1 Å². The number of benzene rings is 1. The molecule has 5 nitrogen and oxygen atoms in total. The topological polar surface area (TPSA) is 67.4 Å². The largest absolute Gasteiger partial charge is 0.380 e. The minimum absolute atomic E-state index is 0.128. The second-order valence-corrected chi connectivity index (χ2v) is 6.61. The van der Waals surface area contributed by atoms with E-state index in [1.165, 1.54) is 0 Å². The zero-order valence-electron chi connectivity index (χ0n) is 13.1. The lowest BCUT2D eigenvalue weighted by molar-refractivity contribution is 0.153. The Morgan fingerprint density at radius 1 is 1.24 bits per heavy atom. The van der Waals surface area contributed by atoms with Crippen molar-refractivity contribution in [3.8, 4) is 0 Å². The lowest BCUT2D eigenvalue weighted by atomic mass is 10.1. The SMILES string of the molecule is CCCNC(C)c1cccc(S(=O)(=O)NCCOCC)c1. The number of nitrogens with one attached hydrogen (secondary N) is 2. The van der Waals surface area contributed by atoms with Crippen molar-refractivity contribution in [1.29, 1.82) is 0 Å². The molecule has 120 valence electrons. The molecule has 21 heavy (non-hydrogen) atoms. The fourth-order valence-corrected chi connectivity index (χ4v) is 2.97. The summed E-state index contributed by atoms with van der Waals surface area (Å²) in [7, 11) is -3.48. The van der Waals surface area contributed by atoms with E-state index in [1.54, 1.807) is 18.2 Å². The van der Waals surface area contributed by atoms with Gasteiger partial charge in [0.2, 0.25) is 10.0 Å². The van der Waals surface area contributed by atoms with Gasteiger partial charge in [0.05, 0.1) is 11.5 Å². The predicted molar refractivity (Wildman–Crippen MR) is 84.8 cm³/mol. The van der Waals surface area contributed by atoms with Crippen LogP contribution < -0.4 is 10.0 Å². The van der Waals surface area contributed by atoms with E-state index >= 15 is 0 Å². The van der Waals surface area contributed by atoms with Crippen LogP contribution in [0.1, 0.15) is 38.8 Å². The van der Waals surface area contributed by atoms with Crippen molar-refractivity contribution < 1.29 is 13.2 Å². The van der Waals surface area contributed by atoms with E-state index < -0.39 is 10.0 Å². The van der Waals surface area contributed by atoms with Crippen molar-refractivity contribution in [2.75, 3.05) is 26.3 Å². The monoisotopic (exact) mass is 314 g/mol. The van der Waals surface area contributed by atoms with Gasteiger partial charge in [0.25, 0.3) is 0 Å². The number of hydrogen-bond donors (Lipinski definition) is 2. The molecule has 1 atom stereocenters. The van der Waals surface area contributed by atoms with E-state index in [4.69, 9.17) is 4.74 Å². The Morgan fingerprint density at radius 3 is 2.67 bits per heavy atom. The van der Waals surface area contributed by atoms with Crippen LogP contribution in [0.4, 0.5) is 0 Å². The van der Waals surface area contributed by atoms with Crippen LogP contribution in [-0.4, -0.2) is 34.7 Å². The number of sulfonamides is 1. The smallest absolute Gasteiger partial charge is 0.240 e. The van der Waals surface area contributed by atoms with Gasteiger partial charge in [-0.25, -0.2) is 13.1 Å². The fraction of sp³-hybridized carbons (Fsp3) is 0.600. The summed E-state index contributed by atoms with van der Waals surface area (Å²) in [5, 5.41) is 3.35.